The van der Waals surface area contributed by atoms with Gasteiger partial charge in [-0.05, 0) is 0 Å². The van der Waals surface area contributed by atoms with E-state index < -0.39 is 0 Å². The first-order valence-corrected chi connectivity index (χ1v) is 2.32. The molecule has 0 aromatic carbocycles. The van der Waals surface area contributed by atoms with Gasteiger partial charge >= 0.3 is 0 Å². The second-order valence-corrected chi connectivity index (χ2v) is 1.72. The molecule has 0 saturated carbocycles. The molecule has 0 amide bonds. The molecule has 42 valence electrons. The quantitative estimate of drug-likeness (QED) is 0.373. The fourth-order valence-electron chi connectivity index (χ4n) is 0.405. The zero-order valence-corrected chi connectivity index (χ0v) is 5.32. The van der Waals surface area contributed by atoms with Crippen molar-refractivity contribution < 1.29 is 16.5 Å². The molecule has 0 radical (unpaired) electrons. The molecule has 1 rings (SSSR count). The number of alkyl halides is 1. The molecule has 0 unspecified atom stereocenters. The maximum Gasteiger partial charge on any atom is 0.0702 e. The van der Waals surface area contributed by atoms with Crippen LogP contribution in [0.5, 0.6) is 0 Å². The van der Waals surface area contributed by atoms with Gasteiger partial charge < -0.3 is 0 Å². The van der Waals surface area contributed by atoms with E-state index in [0.717, 1.165) is 0 Å². The second-order valence-electron chi connectivity index (χ2n) is 1.21. The standard InChI is InChI=1S/C5H5Cl.Ni/c6-5-3-1-2-4-5;/h1-5H;. The van der Waals surface area contributed by atoms with Gasteiger partial charge in [0.2, 0.25) is 0 Å². The fraction of sp³-hybridized carbons (Fsp3) is 0.200. The minimum absolute atomic E-state index is 0. The van der Waals surface area contributed by atoms with Crippen molar-refractivity contribution in [3.63, 3.8) is 0 Å². The topological polar surface area (TPSA) is 0 Å². The van der Waals surface area contributed by atoms with Gasteiger partial charge in [0.25, 0.3) is 0 Å². The fourth-order valence-corrected chi connectivity index (χ4v) is 0.573. The van der Waals surface area contributed by atoms with Gasteiger partial charge in [-0.1, -0.05) is 24.3 Å². The van der Waals surface area contributed by atoms with E-state index in [-0.39, 0.29) is 21.9 Å². The van der Waals surface area contributed by atoms with Crippen LogP contribution in [0.3, 0.4) is 0 Å². The molecule has 0 aliphatic heterocycles. The van der Waals surface area contributed by atoms with Crippen molar-refractivity contribution in [2.24, 2.45) is 0 Å². The molecule has 0 aromatic heterocycles. The molecule has 1 aliphatic carbocycles. The molecule has 1 aliphatic rings. The smallest absolute Gasteiger partial charge is 0.0702 e. The average molecular weight is 159 g/mol. The molecule has 0 atom stereocenters. The molecule has 0 fully saturated rings. The summed E-state index contributed by atoms with van der Waals surface area (Å²) in [7, 11) is 0. The van der Waals surface area contributed by atoms with Gasteiger partial charge in [-0.3, -0.25) is 0 Å². The van der Waals surface area contributed by atoms with Crippen LogP contribution in [0.2, 0.25) is 0 Å². The zero-order chi connectivity index (χ0) is 4.41. The van der Waals surface area contributed by atoms with E-state index in [1.165, 1.54) is 0 Å². The Bertz CT molecular complexity index is 84.3. The Morgan fingerprint density at radius 2 is 1.57 bits per heavy atom. The predicted molar refractivity (Wildman–Crippen MR) is 27.9 cm³/mol. The van der Waals surface area contributed by atoms with Gasteiger partial charge in [0, 0.05) is 16.5 Å². The van der Waals surface area contributed by atoms with E-state index in [1.54, 1.807) is 0 Å². The monoisotopic (exact) mass is 158 g/mol. The van der Waals surface area contributed by atoms with Gasteiger partial charge in [0.15, 0.2) is 0 Å². The van der Waals surface area contributed by atoms with Crippen LogP contribution in [0.15, 0.2) is 24.3 Å². The van der Waals surface area contributed by atoms with Crippen LogP contribution in [0.4, 0.5) is 0 Å². The minimum atomic E-state index is 0. The number of halogens is 1. The molecule has 0 aromatic rings. The molecule has 0 saturated heterocycles. The number of hydrogen-bond acceptors (Lipinski definition) is 0. The molecule has 0 bridgehead atoms. The van der Waals surface area contributed by atoms with Gasteiger partial charge in [0.1, 0.15) is 0 Å². The van der Waals surface area contributed by atoms with Crippen LogP contribution in [-0.2, 0) is 16.5 Å². The van der Waals surface area contributed by atoms with Crippen molar-refractivity contribution in [3.8, 4) is 0 Å². The van der Waals surface area contributed by atoms with Crippen LogP contribution in [0.1, 0.15) is 0 Å². The summed E-state index contributed by atoms with van der Waals surface area (Å²) in [6.07, 6.45) is 7.75. The van der Waals surface area contributed by atoms with Crippen LogP contribution in [0, 0.1) is 0 Å². The Morgan fingerprint density at radius 3 is 1.71 bits per heavy atom. The zero-order valence-electron chi connectivity index (χ0n) is 3.58. The Morgan fingerprint density at radius 1 is 1.14 bits per heavy atom. The predicted octanol–water partition coefficient (Wildman–Crippen LogP) is 1.72. The first-order chi connectivity index (χ1) is 2.89. The minimum Gasteiger partial charge on any atom is -0.114 e. The van der Waals surface area contributed by atoms with Crippen LogP contribution < -0.4 is 0 Å². The van der Waals surface area contributed by atoms with E-state index in [2.05, 4.69) is 0 Å². The van der Waals surface area contributed by atoms with E-state index in [9.17, 15) is 0 Å². The molecular weight excluding hydrogens is 154 g/mol. The van der Waals surface area contributed by atoms with Crippen molar-refractivity contribution in [1.29, 1.82) is 0 Å². The second kappa shape index (κ2) is 3.29. The Balaban J connectivity index is 0.000000360. The average Bonchev–Trinajstić information content (AvgIpc) is 1.86. The Labute approximate surface area is 58.2 Å². The van der Waals surface area contributed by atoms with Gasteiger partial charge in [-0.25, -0.2) is 0 Å². The van der Waals surface area contributed by atoms with Crippen molar-refractivity contribution >= 4 is 11.6 Å². The summed E-state index contributed by atoms with van der Waals surface area (Å²) in [6, 6.07) is 0. The molecule has 2 heteroatoms. The van der Waals surface area contributed by atoms with Crippen LogP contribution in [0.25, 0.3) is 0 Å². The van der Waals surface area contributed by atoms with Crippen molar-refractivity contribution in [2.45, 2.75) is 5.38 Å². The molecule has 0 heterocycles. The van der Waals surface area contributed by atoms with Gasteiger partial charge in [0.05, 0.1) is 5.38 Å². The van der Waals surface area contributed by atoms with Crippen molar-refractivity contribution in [1.82, 2.24) is 0 Å². The van der Waals surface area contributed by atoms with Crippen LogP contribution in [-0.4, -0.2) is 5.38 Å². The summed E-state index contributed by atoms with van der Waals surface area (Å²) in [6.45, 7) is 0. The first kappa shape index (κ1) is 7.26. The summed E-state index contributed by atoms with van der Waals surface area (Å²) in [5.41, 5.74) is 0. The summed E-state index contributed by atoms with van der Waals surface area (Å²) in [5.74, 6) is 0. The van der Waals surface area contributed by atoms with Crippen molar-refractivity contribution in [2.75, 3.05) is 0 Å². The number of hydrogen-bond donors (Lipinski definition) is 0. The number of rotatable bonds is 0. The molecule has 0 nitrogen and oxygen atoms in total. The van der Waals surface area contributed by atoms with E-state index in [1.807, 2.05) is 24.3 Å². The van der Waals surface area contributed by atoms with E-state index >= 15 is 0 Å². The summed E-state index contributed by atoms with van der Waals surface area (Å²) in [5, 5.41) is 0.157. The third-order valence-electron chi connectivity index (χ3n) is 0.701. The molecule has 0 spiro atoms. The number of allylic oxidation sites excluding steroid dienone is 4. The van der Waals surface area contributed by atoms with Gasteiger partial charge in [-0.15, -0.1) is 11.6 Å². The summed E-state index contributed by atoms with van der Waals surface area (Å²) >= 11 is 5.54. The van der Waals surface area contributed by atoms with Crippen molar-refractivity contribution in [3.05, 3.63) is 24.3 Å². The van der Waals surface area contributed by atoms with Gasteiger partial charge in [-0.2, -0.15) is 0 Å². The van der Waals surface area contributed by atoms with E-state index in [0.29, 0.717) is 0 Å². The Kier molecular flexibility index (Phi) is 3.41. The van der Waals surface area contributed by atoms with Crippen LogP contribution >= 0.6 is 11.6 Å². The van der Waals surface area contributed by atoms with E-state index in [4.69, 9.17) is 11.6 Å². The third kappa shape index (κ3) is 2.16. The summed E-state index contributed by atoms with van der Waals surface area (Å²) < 4.78 is 0. The molecule has 0 N–H and O–H groups in total. The maximum atomic E-state index is 5.54. The largest absolute Gasteiger partial charge is 0.114 e. The third-order valence-corrected chi connectivity index (χ3v) is 0.992. The normalized spacial score (nSPS) is 17.3. The SMILES string of the molecule is ClC1C=CC=C1.[Ni]. The molecular formula is C5H5ClNi. The molecule has 7 heavy (non-hydrogen) atoms. The first-order valence-electron chi connectivity index (χ1n) is 1.88. The Hall–Kier alpha value is 0.264. The maximum absolute atomic E-state index is 5.54. The summed E-state index contributed by atoms with van der Waals surface area (Å²) in [4.78, 5) is 0.